The predicted octanol–water partition coefficient (Wildman–Crippen LogP) is 2.81. The van der Waals surface area contributed by atoms with Crippen LogP contribution in [0.25, 0.3) is 6.08 Å². The smallest absolute Gasteiger partial charge is 0.322 e. The van der Waals surface area contributed by atoms with Crippen molar-refractivity contribution < 1.29 is 19.4 Å². The van der Waals surface area contributed by atoms with E-state index in [9.17, 15) is 14.7 Å². The van der Waals surface area contributed by atoms with E-state index in [-0.39, 0.29) is 13.0 Å². The molecule has 6 nitrogen and oxygen atoms in total. The van der Waals surface area contributed by atoms with Gasteiger partial charge in [0.05, 0.1) is 5.92 Å². The van der Waals surface area contributed by atoms with E-state index in [4.69, 9.17) is 10.6 Å². The number of carboxylic acids is 1. The minimum absolute atomic E-state index is 0.145. The lowest BCUT2D eigenvalue weighted by atomic mass is 9.96. The molecule has 28 heavy (non-hydrogen) atoms. The molecule has 3 rings (SSSR count). The van der Waals surface area contributed by atoms with Gasteiger partial charge in [-0.25, -0.2) is 5.01 Å². The van der Waals surface area contributed by atoms with Gasteiger partial charge in [0.1, 0.15) is 12.1 Å². The number of rotatable bonds is 7. The molecule has 2 aromatic rings. The van der Waals surface area contributed by atoms with Crippen LogP contribution in [0.4, 0.5) is 0 Å². The molecule has 0 spiro atoms. The van der Waals surface area contributed by atoms with Crippen LogP contribution in [0.3, 0.4) is 0 Å². The molecule has 1 heterocycles. The maximum absolute atomic E-state index is 12.8. The minimum Gasteiger partial charge on any atom is -0.480 e. The molecule has 0 amide bonds. The summed E-state index contributed by atoms with van der Waals surface area (Å²) in [6, 6.07) is 16.5. The Labute approximate surface area is 164 Å². The molecule has 3 atom stereocenters. The third kappa shape index (κ3) is 4.47. The molecule has 1 fully saturated rings. The van der Waals surface area contributed by atoms with Gasteiger partial charge in [-0.1, -0.05) is 67.3 Å². The Bertz CT molecular complexity index is 853. The van der Waals surface area contributed by atoms with E-state index in [0.717, 1.165) is 16.7 Å². The second kappa shape index (κ2) is 8.82. The van der Waals surface area contributed by atoms with Crippen molar-refractivity contribution >= 4 is 18.0 Å². The van der Waals surface area contributed by atoms with E-state index >= 15 is 0 Å². The first-order chi connectivity index (χ1) is 13.5. The quantitative estimate of drug-likeness (QED) is 0.567. The fourth-order valence-corrected chi connectivity index (χ4v) is 3.54. The van der Waals surface area contributed by atoms with Crippen LogP contribution in [-0.4, -0.2) is 34.6 Å². The fraction of sp³-hybridized carbons (Fsp3) is 0.273. The SMILES string of the molecule is C=Cc1ccccc1C(Cc1ccccc1)OC(=O)C1CC(C(=O)O)N(N)C1. The highest BCUT2D eigenvalue weighted by atomic mass is 16.5. The summed E-state index contributed by atoms with van der Waals surface area (Å²) in [7, 11) is 0. The van der Waals surface area contributed by atoms with Crippen LogP contribution in [0.2, 0.25) is 0 Å². The summed E-state index contributed by atoms with van der Waals surface area (Å²) in [6.45, 7) is 4.01. The number of ether oxygens (including phenoxy) is 1. The van der Waals surface area contributed by atoms with Gasteiger partial charge in [0, 0.05) is 13.0 Å². The van der Waals surface area contributed by atoms with Crippen LogP contribution >= 0.6 is 0 Å². The fourth-order valence-electron chi connectivity index (χ4n) is 3.54. The molecule has 0 aliphatic carbocycles. The summed E-state index contributed by atoms with van der Waals surface area (Å²) < 4.78 is 5.88. The highest BCUT2D eigenvalue weighted by Crippen LogP contribution is 2.30. The van der Waals surface area contributed by atoms with Gasteiger partial charge in [0.2, 0.25) is 0 Å². The van der Waals surface area contributed by atoms with Gasteiger partial charge in [-0.2, -0.15) is 0 Å². The molecule has 1 saturated heterocycles. The van der Waals surface area contributed by atoms with Crippen molar-refractivity contribution in [2.45, 2.75) is 25.0 Å². The third-order valence-electron chi connectivity index (χ3n) is 5.04. The average molecular weight is 380 g/mol. The lowest BCUT2D eigenvalue weighted by Crippen LogP contribution is -2.41. The van der Waals surface area contributed by atoms with Gasteiger partial charge in [0.25, 0.3) is 0 Å². The Kier molecular flexibility index (Phi) is 6.23. The van der Waals surface area contributed by atoms with Gasteiger partial charge in [-0.15, -0.1) is 0 Å². The zero-order valence-corrected chi connectivity index (χ0v) is 15.5. The highest BCUT2D eigenvalue weighted by Gasteiger charge is 2.40. The molecule has 3 N–H and O–H groups in total. The number of hydrogen-bond donors (Lipinski definition) is 2. The zero-order chi connectivity index (χ0) is 20.1. The first-order valence-electron chi connectivity index (χ1n) is 9.19. The van der Waals surface area contributed by atoms with Crippen molar-refractivity contribution in [1.82, 2.24) is 5.01 Å². The number of benzene rings is 2. The topological polar surface area (TPSA) is 92.9 Å². The minimum atomic E-state index is -1.03. The van der Waals surface area contributed by atoms with Crippen molar-refractivity contribution in [1.29, 1.82) is 0 Å². The van der Waals surface area contributed by atoms with Crippen molar-refractivity contribution in [3.8, 4) is 0 Å². The molecule has 1 aliphatic heterocycles. The van der Waals surface area contributed by atoms with Crippen LogP contribution in [0.1, 0.15) is 29.2 Å². The van der Waals surface area contributed by atoms with E-state index in [2.05, 4.69) is 6.58 Å². The summed E-state index contributed by atoms with van der Waals surface area (Å²) in [5.41, 5.74) is 2.80. The molecule has 0 saturated carbocycles. The lowest BCUT2D eigenvalue weighted by Gasteiger charge is -2.22. The monoisotopic (exact) mass is 380 g/mol. The maximum atomic E-state index is 12.8. The Balaban J connectivity index is 1.82. The van der Waals surface area contributed by atoms with Crippen LogP contribution in [-0.2, 0) is 20.7 Å². The van der Waals surface area contributed by atoms with E-state index < -0.39 is 30.0 Å². The summed E-state index contributed by atoms with van der Waals surface area (Å²) in [5, 5.41) is 10.4. The van der Waals surface area contributed by atoms with Gasteiger partial charge in [-0.05, 0) is 23.1 Å². The molecule has 2 aromatic carbocycles. The molecule has 0 bridgehead atoms. The van der Waals surface area contributed by atoms with Crippen LogP contribution in [0, 0.1) is 5.92 Å². The molecule has 0 radical (unpaired) electrons. The maximum Gasteiger partial charge on any atom is 0.322 e. The number of aliphatic carboxylic acids is 1. The molecule has 3 unspecified atom stereocenters. The first-order valence-corrected chi connectivity index (χ1v) is 9.19. The van der Waals surface area contributed by atoms with Crippen LogP contribution in [0.5, 0.6) is 0 Å². The highest BCUT2D eigenvalue weighted by molar-refractivity contribution is 5.78. The summed E-state index contributed by atoms with van der Waals surface area (Å²) in [5.74, 6) is 3.72. The van der Waals surface area contributed by atoms with Gasteiger partial charge < -0.3 is 9.84 Å². The van der Waals surface area contributed by atoms with E-state index in [1.807, 2.05) is 54.6 Å². The molecule has 146 valence electrons. The first kappa shape index (κ1) is 19.8. The lowest BCUT2D eigenvalue weighted by molar-refractivity contribution is -0.154. The average Bonchev–Trinajstić information content (AvgIpc) is 3.10. The Morgan fingerprint density at radius 1 is 1.21 bits per heavy atom. The number of hydrogen-bond acceptors (Lipinski definition) is 5. The number of carbonyl (C=O) groups excluding carboxylic acids is 1. The molecule has 6 heteroatoms. The normalized spacial score (nSPS) is 20.5. The van der Waals surface area contributed by atoms with Crippen LogP contribution in [0.15, 0.2) is 61.2 Å². The van der Waals surface area contributed by atoms with Gasteiger partial charge >= 0.3 is 11.9 Å². The third-order valence-corrected chi connectivity index (χ3v) is 5.04. The number of carbonyl (C=O) groups is 2. The number of nitrogens with two attached hydrogens (primary N) is 1. The molecule has 0 aromatic heterocycles. The van der Waals surface area contributed by atoms with E-state index in [1.54, 1.807) is 6.08 Å². The van der Waals surface area contributed by atoms with Crippen molar-refractivity contribution in [2.24, 2.45) is 11.8 Å². The number of hydrazine groups is 1. The summed E-state index contributed by atoms with van der Waals surface area (Å²) in [6.07, 6.45) is 1.89. The van der Waals surface area contributed by atoms with E-state index in [1.165, 1.54) is 5.01 Å². The summed E-state index contributed by atoms with van der Waals surface area (Å²) >= 11 is 0. The Morgan fingerprint density at radius 2 is 1.89 bits per heavy atom. The van der Waals surface area contributed by atoms with Crippen LogP contribution < -0.4 is 5.84 Å². The number of esters is 1. The Hall–Kier alpha value is -2.96. The largest absolute Gasteiger partial charge is 0.480 e. The van der Waals surface area contributed by atoms with Gasteiger partial charge in [0.15, 0.2) is 0 Å². The standard InChI is InChI=1S/C22H24N2O4/c1-2-16-10-6-7-11-18(16)20(12-15-8-4-3-5-9-15)28-22(27)17-13-19(21(25)26)24(23)14-17/h2-11,17,19-20H,1,12-14,23H2,(H,25,26). The van der Waals surface area contributed by atoms with E-state index in [0.29, 0.717) is 6.42 Å². The molecule has 1 aliphatic rings. The predicted molar refractivity (Wildman–Crippen MR) is 106 cm³/mol. The number of carboxylic acid groups (broad SMARTS) is 1. The van der Waals surface area contributed by atoms with Crippen molar-refractivity contribution in [2.75, 3.05) is 6.54 Å². The van der Waals surface area contributed by atoms with Crippen molar-refractivity contribution in [3.63, 3.8) is 0 Å². The molecular formula is C22H24N2O4. The second-order valence-electron chi connectivity index (χ2n) is 6.93. The van der Waals surface area contributed by atoms with Crippen molar-refractivity contribution in [3.05, 3.63) is 77.9 Å². The zero-order valence-electron chi connectivity index (χ0n) is 15.5. The second-order valence-corrected chi connectivity index (χ2v) is 6.93. The summed E-state index contributed by atoms with van der Waals surface area (Å²) in [4.78, 5) is 24.1. The molecular weight excluding hydrogens is 356 g/mol. The number of nitrogens with zero attached hydrogens (tertiary/aromatic N) is 1. The Morgan fingerprint density at radius 3 is 2.54 bits per heavy atom. The van der Waals surface area contributed by atoms with Gasteiger partial charge in [-0.3, -0.25) is 15.4 Å².